The normalized spacial score (nSPS) is 13.6. The summed E-state index contributed by atoms with van der Waals surface area (Å²) < 4.78 is 57.1. The van der Waals surface area contributed by atoms with Crippen LogP contribution in [-0.2, 0) is 28.8 Å². The number of carbonyl (C=O) groups excluding carboxylic acids is 1. The minimum absolute atomic E-state index is 0.176. The molecular formula is C19H27F2O5P. The topological polar surface area (TPSA) is 61.8 Å². The van der Waals surface area contributed by atoms with Crippen molar-refractivity contribution >= 4 is 19.1 Å². The quantitative estimate of drug-likeness (QED) is 0.314. The molecule has 0 aliphatic carbocycles. The molecule has 0 heterocycles. The first-order chi connectivity index (χ1) is 12.4. The van der Waals surface area contributed by atoms with Gasteiger partial charge in [-0.15, -0.1) is 0 Å². The summed E-state index contributed by atoms with van der Waals surface area (Å²) in [6, 6.07) is 5.28. The monoisotopic (exact) mass is 404 g/mol. The van der Waals surface area contributed by atoms with Crippen molar-refractivity contribution in [1.82, 2.24) is 0 Å². The number of ether oxygens (including phenoxy) is 1. The molecule has 0 amide bonds. The molecule has 0 aliphatic rings. The van der Waals surface area contributed by atoms with Crippen LogP contribution in [-0.4, -0.2) is 24.8 Å². The average molecular weight is 404 g/mol. The molecule has 152 valence electrons. The van der Waals surface area contributed by atoms with E-state index < -0.39 is 30.4 Å². The van der Waals surface area contributed by atoms with Crippen molar-refractivity contribution in [1.29, 1.82) is 0 Å². The van der Waals surface area contributed by atoms with Gasteiger partial charge in [0.25, 0.3) is 0 Å². The van der Waals surface area contributed by atoms with E-state index in [1.165, 1.54) is 32.1 Å². The zero-order valence-corrected chi connectivity index (χ0v) is 17.4. The summed E-state index contributed by atoms with van der Waals surface area (Å²) in [6.45, 7) is 9.37. The van der Waals surface area contributed by atoms with E-state index in [9.17, 15) is 18.1 Å². The number of esters is 1. The van der Waals surface area contributed by atoms with Crippen LogP contribution in [0.1, 0.15) is 52.7 Å². The van der Waals surface area contributed by atoms with Gasteiger partial charge in [0.2, 0.25) is 0 Å². The number of hydrogen-bond donors (Lipinski definition) is 0. The first-order valence-corrected chi connectivity index (χ1v) is 10.2. The van der Waals surface area contributed by atoms with Crippen molar-refractivity contribution in [3.05, 3.63) is 41.5 Å². The van der Waals surface area contributed by atoms with Gasteiger partial charge in [0.05, 0.1) is 13.2 Å². The molecule has 0 fully saturated rings. The van der Waals surface area contributed by atoms with Crippen LogP contribution in [0.3, 0.4) is 0 Å². The molecule has 0 bridgehead atoms. The summed E-state index contributed by atoms with van der Waals surface area (Å²) in [4.78, 5) is 11.9. The maximum Gasteiger partial charge on any atom is 0.404 e. The van der Waals surface area contributed by atoms with Crippen LogP contribution in [0, 0.1) is 0 Å². The van der Waals surface area contributed by atoms with Gasteiger partial charge in [-0.1, -0.05) is 18.2 Å². The van der Waals surface area contributed by atoms with Crippen molar-refractivity contribution in [3.63, 3.8) is 0 Å². The molecule has 1 aromatic carbocycles. The third-order valence-electron chi connectivity index (χ3n) is 3.35. The fraction of sp³-hybridized carbons (Fsp3) is 0.526. The van der Waals surface area contributed by atoms with Gasteiger partial charge in [0.1, 0.15) is 5.60 Å². The zero-order chi connectivity index (χ0) is 20.9. The zero-order valence-electron chi connectivity index (χ0n) is 16.5. The number of rotatable bonds is 8. The summed E-state index contributed by atoms with van der Waals surface area (Å²) in [7, 11) is -4.69. The Labute approximate surface area is 159 Å². The maximum atomic E-state index is 14.9. The van der Waals surface area contributed by atoms with E-state index in [1.54, 1.807) is 33.8 Å². The predicted octanol–water partition coefficient (Wildman–Crippen LogP) is 5.75. The van der Waals surface area contributed by atoms with Gasteiger partial charge >= 0.3 is 19.2 Å². The van der Waals surface area contributed by atoms with Gasteiger partial charge in [-0.05, 0) is 58.7 Å². The van der Waals surface area contributed by atoms with Gasteiger partial charge in [-0.25, -0.2) is 4.79 Å². The number of halogens is 2. The lowest BCUT2D eigenvalue weighted by molar-refractivity contribution is -0.148. The van der Waals surface area contributed by atoms with E-state index in [0.29, 0.717) is 11.1 Å². The van der Waals surface area contributed by atoms with E-state index in [4.69, 9.17) is 13.8 Å². The molecule has 27 heavy (non-hydrogen) atoms. The largest absolute Gasteiger partial charge is 0.457 e. The van der Waals surface area contributed by atoms with Crippen molar-refractivity contribution in [2.75, 3.05) is 13.2 Å². The lowest BCUT2D eigenvalue weighted by Gasteiger charge is -2.26. The van der Waals surface area contributed by atoms with Crippen molar-refractivity contribution in [3.8, 4) is 0 Å². The molecule has 0 aromatic heterocycles. The highest BCUT2D eigenvalue weighted by Crippen LogP contribution is 2.66. The SMILES string of the molecule is CCOP(=O)(OCC)C(F)(F)c1cccc(/C(C)=C/C(=O)OC(C)(C)C)c1. The maximum absolute atomic E-state index is 14.9. The molecule has 0 saturated heterocycles. The summed E-state index contributed by atoms with van der Waals surface area (Å²) >= 11 is 0. The van der Waals surface area contributed by atoms with E-state index in [0.717, 1.165) is 6.07 Å². The highest BCUT2D eigenvalue weighted by Gasteiger charge is 2.54. The highest BCUT2D eigenvalue weighted by molar-refractivity contribution is 7.54. The number of carbonyl (C=O) groups is 1. The van der Waals surface area contributed by atoms with Gasteiger partial charge in [-0.2, -0.15) is 8.78 Å². The molecule has 0 aliphatic heterocycles. The Hall–Kier alpha value is -1.56. The molecule has 1 aromatic rings. The van der Waals surface area contributed by atoms with Crippen molar-refractivity contribution < 1.29 is 31.9 Å². The number of allylic oxidation sites excluding steroid dienone is 1. The average Bonchev–Trinajstić information content (AvgIpc) is 2.53. The van der Waals surface area contributed by atoms with Crippen LogP contribution in [0.5, 0.6) is 0 Å². The van der Waals surface area contributed by atoms with E-state index >= 15 is 0 Å². The summed E-state index contributed by atoms with van der Waals surface area (Å²) in [6.07, 6.45) is 1.23. The minimum Gasteiger partial charge on any atom is -0.457 e. The predicted molar refractivity (Wildman–Crippen MR) is 101 cm³/mol. The van der Waals surface area contributed by atoms with E-state index in [1.807, 2.05) is 0 Å². The van der Waals surface area contributed by atoms with Gasteiger partial charge in [0.15, 0.2) is 0 Å². The fourth-order valence-electron chi connectivity index (χ4n) is 2.24. The molecule has 0 atom stereocenters. The lowest BCUT2D eigenvalue weighted by Crippen LogP contribution is -2.22. The van der Waals surface area contributed by atoms with Gasteiger partial charge < -0.3 is 13.8 Å². The summed E-state index contributed by atoms with van der Waals surface area (Å²) in [5, 5.41) is 0. The van der Waals surface area contributed by atoms with Crippen LogP contribution in [0.2, 0.25) is 0 Å². The second kappa shape index (κ2) is 9.09. The highest BCUT2D eigenvalue weighted by atomic mass is 31.2. The summed E-state index contributed by atoms with van der Waals surface area (Å²) in [5.74, 6) is -0.577. The standard InChI is InChI=1S/C19H27F2O5P/c1-7-24-27(23,25-8-2)19(20,21)16-11-9-10-15(13-16)14(3)12-17(22)26-18(4,5)6/h9-13H,7-8H2,1-6H3/b14-12+. The third-order valence-corrected chi connectivity index (χ3v) is 5.49. The Morgan fingerprint density at radius 2 is 1.70 bits per heavy atom. The molecule has 0 N–H and O–H groups in total. The Balaban J connectivity index is 3.24. The number of hydrogen-bond acceptors (Lipinski definition) is 5. The summed E-state index contributed by atoms with van der Waals surface area (Å²) in [5.41, 5.74) is -4.20. The number of alkyl halides is 2. The van der Waals surface area contributed by atoms with Crippen LogP contribution >= 0.6 is 7.60 Å². The lowest BCUT2D eigenvalue weighted by atomic mass is 10.0. The van der Waals surface area contributed by atoms with Crippen LogP contribution in [0.4, 0.5) is 8.78 Å². The molecule has 1 rings (SSSR count). The number of benzene rings is 1. The Morgan fingerprint density at radius 1 is 1.15 bits per heavy atom. The Morgan fingerprint density at radius 3 is 2.19 bits per heavy atom. The molecule has 8 heteroatoms. The Bertz CT molecular complexity index is 728. The van der Waals surface area contributed by atoms with Crippen molar-refractivity contribution in [2.45, 2.75) is 52.8 Å². The molecule has 0 radical (unpaired) electrons. The van der Waals surface area contributed by atoms with Crippen LogP contribution < -0.4 is 0 Å². The van der Waals surface area contributed by atoms with E-state index in [-0.39, 0.29) is 13.2 Å². The minimum atomic E-state index is -4.69. The first kappa shape index (κ1) is 23.5. The molecule has 0 spiro atoms. The molecular weight excluding hydrogens is 377 g/mol. The van der Waals surface area contributed by atoms with Crippen LogP contribution in [0.15, 0.2) is 30.3 Å². The van der Waals surface area contributed by atoms with E-state index in [2.05, 4.69) is 0 Å². The molecule has 0 unspecified atom stereocenters. The second-order valence-electron chi connectivity index (χ2n) is 6.82. The van der Waals surface area contributed by atoms with Gasteiger partial charge in [-0.3, -0.25) is 4.57 Å². The van der Waals surface area contributed by atoms with Crippen molar-refractivity contribution in [2.24, 2.45) is 0 Å². The molecule has 0 saturated carbocycles. The first-order valence-electron chi connectivity index (χ1n) is 8.65. The smallest absolute Gasteiger partial charge is 0.404 e. The van der Waals surface area contributed by atoms with Crippen LogP contribution in [0.25, 0.3) is 5.57 Å². The Kier molecular flexibility index (Phi) is 7.90. The third kappa shape index (κ3) is 6.23. The van der Waals surface area contributed by atoms with Gasteiger partial charge in [0, 0.05) is 11.6 Å². The second-order valence-corrected chi connectivity index (χ2v) is 8.89. The fourth-order valence-corrected chi connectivity index (χ4v) is 3.77. The molecule has 5 nitrogen and oxygen atoms in total.